The molecule has 12 rings (SSSR count). The minimum atomic E-state index is -0.0709. The summed E-state index contributed by atoms with van der Waals surface area (Å²) in [6.07, 6.45) is 9.44. The van der Waals surface area contributed by atoms with Crippen molar-refractivity contribution in [3.63, 3.8) is 0 Å². The van der Waals surface area contributed by atoms with E-state index < -0.39 is 0 Å². The molecule has 1 atom stereocenters. The van der Waals surface area contributed by atoms with Crippen LogP contribution in [0, 0.1) is 0 Å². The summed E-state index contributed by atoms with van der Waals surface area (Å²) in [5.74, 6) is 2.31. The van der Waals surface area contributed by atoms with Crippen LogP contribution in [-0.4, -0.2) is 19.5 Å². The predicted octanol–water partition coefficient (Wildman–Crippen LogP) is 14.2. The lowest BCUT2D eigenvalue weighted by molar-refractivity contribution is 0.660. The van der Waals surface area contributed by atoms with Gasteiger partial charge in [-0.3, -0.25) is 0 Å². The summed E-state index contributed by atoms with van der Waals surface area (Å²) in [6.45, 7) is 4.71. The van der Waals surface area contributed by atoms with E-state index in [1.165, 1.54) is 81.0 Å². The van der Waals surface area contributed by atoms with Gasteiger partial charge in [0.05, 0.1) is 16.7 Å². The second-order valence-electron chi connectivity index (χ2n) is 16.3. The number of aromatic nitrogens is 4. The van der Waals surface area contributed by atoms with E-state index in [1.54, 1.807) is 0 Å². The molecule has 0 spiro atoms. The van der Waals surface area contributed by atoms with E-state index in [2.05, 4.69) is 176 Å². The molecule has 0 amide bonds. The average Bonchev–Trinajstić information content (AvgIpc) is 3.92. The monoisotopic (exact) mass is 774 g/mol. The third-order valence-corrected chi connectivity index (χ3v) is 13.7. The summed E-state index contributed by atoms with van der Waals surface area (Å²) in [5.41, 5.74) is 13.4. The van der Waals surface area contributed by atoms with Crippen LogP contribution < -0.4 is 0 Å². The van der Waals surface area contributed by atoms with Crippen molar-refractivity contribution in [1.29, 1.82) is 0 Å². The first kappa shape index (κ1) is 34.1. The third-order valence-electron chi connectivity index (χ3n) is 12.6. The van der Waals surface area contributed by atoms with E-state index in [9.17, 15) is 0 Å². The number of benzene rings is 7. The molecule has 280 valence electrons. The minimum absolute atomic E-state index is 0.0709. The van der Waals surface area contributed by atoms with Gasteiger partial charge in [-0.25, -0.2) is 15.0 Å². The smallest absolute Gasteiger partial charge is 0.164 e. The van der Waals surface area contributed by atoms with Crippen LogP contribution in [0.2, 0.25) is 0 Å². The first-order chi connectivity index (χ1) is 29.0. The molecule has 5 heteroatoms. The quantitative estimate of drug-likeness (QED) is 0.175. The maximum atomic E-state index is 5.20. The fraction of sp³-hybridized carbons (Fsp3) is 0.0926. The number of para-hydroxylation sites is 1. The number of allylic oxidation sites excluding steroid dienone is 4. The molecule has 1 unspecified atom stereocenters. The van der Waals surface area contributed by atoms with Crippen molar-refractivity contribution < 1.29 is 0 Å². The van der Waals surface area contributed by atoms with Crippen LogP contribution in [-0.2, 0) is 5.41 Å². The summed E-state index contributed by atoms with van der Waals surface area (Å²) >= 11 is 1.82. The van der Waals surface area contributed by atoms with Crippen molar-refractivity contribution in [2.24, 2.45) is 0 Å². The molecule has 0 aliphatic heterocycles. The summed E-state index contributed by atoms with van der Waals surface area (Å²) in [5, 5.41) is 4.89. The minimum Gasteiger partial charge on any atom is -0.309 e. The molecule has 3 heterocycles. The highest BCUT2D eigenvalue weighted by Crippen LogP contribution is 2.52. The van der Waals surface area contributed by atoms with Crippen LogP contribution in [0.25, 0.3) is 92.7 Å². The highest BCUT2D eigenvalue weighted by atomic mass is 32.1. The van der Waals surface area contributed by atoms with E-state index in [0.717, 1.165) is 23.4 Å². The van der Waals surface area contributed by atoms with Crippen molar-refractivity contribution in [2.45, 2.75) is 31.6 Å². The van der Waals surface area contributed by atoms with E-state index in [0.29, 0.717) is 11.6 Å². The van der Waals surface area contributed by atoms with Gasteiger partial charge < -0.3 is 4.57 Å². The molecular formula is C54H38N4S. The molecule has 7 aromatic carbocycles. The zero-order valence-electron chi connectivity index (χ0n) is 32.7. The Hall–Kier alpha value is -6.95. The highest BCUT2D eigenvalue weighted by Gasteiger charge is 2.37. The fourth-order valence-corrected chi connectivity index (χ4v) is 10.8. The van der Waals surface area contributed by atoms with E-state index in [-0.39, 0.29) is 11.3 Å². The molecule has 0 N–H and O–H groups in total. The lowest BCUT2D eigenvalue weighted by Gasteiger charge is -2.21. The molecule has 0 fully saturated rings. The number of rotatable bonds is 5. The molecular weight excluding hydrogens is 737 g/mol. The number of fused-ring (bicyclic) bond motifs is 9. The van der Waals surface area contributed by atoms with Crippen LogP contribution in [0.1, 0.15) is 43.1 Å². The standard InChI is InChI=1S/C54H38N4S/c1-54(2)42-22-11-9-20-38(42)50-43(54)23-14-25-46(50)58-44-24-12-10-19-37(44)40-31-35(27-29-45(40)58)36-28-30-47-41(32-36)49-39(21-13-26-48(49)59-47)53-56-51(33-15-5-3-6-16-33)55-52(57-53)34-17-7-4-8-18-34/h3-17,19-32,34H,18H2,1-2H3. The van der Waals surface area contributed by atoms with Gasteiger partial charge in [-0.2, -0.15) is 0 Å². The zero-order valence-corrected chi connectivity index (χ0v) is 33.5. The number of thiophene rings is 1. The van der Waals surface area contributed by atoms with Gasteiger partial charge in [-0.1, -0.05) is 147 Å². The Bertz CT molecular complexity index is 3400. The lowest BCUT2D eigenvalue weighted by Crippen LogP contribution is -2.14. The van der Waals surface area contributed by atoms with E-state index in [4.69, 9.17) is 15.0 Å². The summed E-state index contributed by atoms with van der Waals surface area (Å²) in [6, 6.07) is 55.4. The van der Waals surface area contributed by atoms with Gasteiger partial charge in [0.1, 0.15) is 5.82 Å². The Kier molecular flexibility index (Phi) is 7.54. The maximum absolute atomic E-state index is 5.20. The Balaban J connectivity index is 1.03. The molecule has 0 saturated heterocycles. The van der Waals surface area contributed by atoms with Crippen LogP contribution in [0.3, 0.4) is 0 Å². The Morgan fingerprint density at radius 2 is 1.29 bits per heavy atom. The first-order valence-corrected chi connectivity index (χ1v) is 21.2. The van der Waals surface area contributed by atoms with Crippen molar-refractivity contribution in [3.8, 4) is 50.7 Å². The van der Waals surface area contributed by atoms with Crippen LogP contribution >= 0.6 is 11.3 Å². The largest absolute Gasteiger partial charge is 0.309 e. The summed E-state index contributed by atoms with van der Waals surface area (Å²) in [7, 11) is 0. The topological polar surface area (TPSA) is 43.6 Å². The van der Waals surface area contributed by atoms with Gasteiger partial charge in [0.25, 0.3) is 0 Å². The average molecular weight is 775 g/mol. The predicted molar refractivity (Wildman–Crippen MR) is 247 cm³/mol. The lowest BCUT2D eigenvalue weighted by atomic mass is 9.82. The SMILES string of the molecule is CC1(C)c2ccccc2-c2c(-n3c4ccccc4c4cc(-c5ccc6sc7cccc(-c8nc(-c9ccccc9)nc(C9C=CC=CC9)n8)c7c6c5)ccc43)cccc21. The zero-order chi connectivity index (χ0) is 39.2. The van der Waals surface area contributed by atoms with E-state index in [1.807, 2.05) is 29.5 Å². The Morgan fingerprint density at radius 3 is 2.17 bits per heavy atom. The molecule has 2 aliphatic carbocycles. The molecule has 59 heavy (non-hydrogen) atoms. The molecule has 0 radical (unpaired) electrons. The molecule has 2 aliphatic rings. The van der Waals surface area contributed by atoms with Crippen molar-refractivity contribution in [1.82, 2.24) is 19.5 Å². The van der Waals surface area contributed by atoms with Gasteiger partial charge >= 0.3 is 0 Å². The van der Waals surface area contributed by atoms with Crippen molar-refractivity contribution >= 4 is 53.3 Å². The first-order valence-electron chi connectivity index (χ1n) is 20.4. The molecule has 0 saturated carbocycles. The fourth-order valence-electron chi connectivity index (χ4n) is 9.69. The van der Waals surface area contributed by atoms with Gasteiger partial charge in [0.15, 0.2) is 11.6 Å². The molecule has 0 bridgehead atoms. The van der Waals surface area contributed by atoms with Crippen LogP contribution in [0.15, 0.2) is 176 Å². The maximum Gasteiger partial charge on any atom is 0.164 e. The molecule has 4 nitrogen and oxygen atoms in total. The number of hydrogen-bond donors (Lipinski definition) is 0. The van der Waals surface area contributed by atoms with Crippen molar-refractivity contribution in [2.75, 3.05) is 0 Å². The van der Waals surface area contributed by atoms with Crippen molar-refractivity contribution in [3.05, 3.63) is 193 Å². The second-order valence-corrected chi connectivity index (χ2v) is 17.4. The van der Waals surface area contributed by atoms with E-state index >= 15 is 0 Å². The summed E-state index contributed by atoms with van der Waals surface area (Å²) < 4.78 is 4.95. The van der Waals surface area contributed by atoms with Crippen LogP contribution in [0.5, 0.6) is 0 Å². The van der Waals surface area contributed by atoms with Gasteiger partial charge in [-0.05, 0) is 76.7 Å². The number of hydrogen-bond acceptors (Lipinski definition) is 4. The summed E-state index contributed by atoms with van der Waals surface area (Å²) in [4.78, 5) is 15.4. The van der Waals surface area contributed by atoms with Crippen LogP contribution in [0.4, 0.5) is 0 Å². The molecule has 10 aromatic rings. The van der Waals surface area contributed by atoms with Gasteiger partial charge in [0.2, 0.25) is 0 Å². The molecule has 3 aromatic heterocycles. The van der Waals surface area contributed by atoms with Gasteiger partial charge in [-0.15, -0.1) is 11.3 Å². The number of nitrogens with zero attached hydrogens (tertiary/aromatic N) is 4. The Morgan fingerprint density at radius 1 is 0.559 bits per heavy atom. The highest BCUT2D eigenvalue weighted by molar-refractivity contribution is 7.26. The second kappa shape index (κ2) is 13.0. The third kappa shape index (κ3) is 5.24. The van der Waals surface area contributed by atoms with Gasteiger partial charge in [0, 0.05) is 59.0 Å². The normalized spacial score (nSPS) is 15.4. The Labute approximate surface area is 346 Å².